The fourth-order valence-electron chi connectivity index (χ4n) is 3.18. The summed E-state index contributed by atoms with van der Waals surface area (Å²) in [4.78, 5) is 43.2. The standard InChI is InChI=1S/C17H17N3O4/c21-15-9-13(16(22)18-15)20(11-6-7-11)17(23)12-8-14(24-19-12)10-4-2-1-3-5-10/h1-5,11,13-14H,6-9H2,(H,18,21,22). The average Bonchev–Trinajstić information content (AvgIpc) is 3.18. The van der Waals surface area contributed by atoms with Crippen LogP contribution in [-0.4, -0.2) is 40.4 Å². The summed E-state index contributed by atoms with van der Waals surface area (Å²) in [5, 5.41) is 6.22. The maximum atomic E-state index is 12.9. The lowest BCUT2D eigenvalue weighted by Crippen LogP contribution is -2.48. The fraction of sp³-hybridized carbons (Fsp3) is 0.412. The van der Waals surface area contributed by atoms with Crippen molar-refractivity contribution in [2.24, 2.45) is 5.16 Å². The number of oxime groups is 1. The Morgan fingerprint density at radius 3 is 2.54 bits per heavy atom. The SMILES string of the molecule is O=C1CC(N(C(=O)C2=NOC(c3ccccc3)C2)C2CC2)C(=O)N1. The van der Waals surface area contributed by atoms with E-state index in [1.165, 1.54) is 4.90 Å². The number of benzene rings is 1. The largest absolute Gasteiger partial charge is 0.387 e. The molecule has 0 spiro atoms. The first-order valence-corrected chi connectivity index (χ1v) is 8.07. The van der Waals surface area contributed by atoms with Crippen LogP contribution in [0.2, 0.25) is 0 Å². The lowest BCUT2D eigenvalue weighted by atomic mass is 10.0. The number of nitrogens with one attached hydrogen (secondary N) is 1. The zero-order valence-corrected chi connectivity index (χ0v) is 13.0. The highest BCUT2D eigenvalue weighted by Crippen LogP contribution is 2.33. The topological polar surface area (TPSA) is 88.1 Å². The van der Waals surface area contributed by atoms with Gasteiger partial charge < -0.3 is 9.74 Å². The van der Waals surface area contributed by atoms with E-state index in [4.69, 9.17) is 4.84 Å². The summed E-state index contributed by atoms with van der Waals surface area (Å²) in [6.45, 7) is 0. The maximum absolute atomic E-state index is 12.9. The van der Waals surface area contributed by atoms with Gasteiger partial charge in [-0.3, -0.25) is 19.7 Å². The molecule has 2 aliphatic heterocycles. The number of imide groups is 1. The van der Waals surface area contributed by atoms with Gasteiger partial charge in [0.15, 0.2) is 6.10 Å². The molecule has 0 radical (unpaired) electrons. The van der Waals surface area contributed by atoms with Gasteiger partial charge in [0.2, 0.25) is 11.8 Å². The number of hydrogen-bond acceptors (Lipinski definition) is 5. The monoisotopic (exact) mass is 327 g/mol. The Morgan fingerprint density at radius 2 is 1.92 bits per heavy atom. The van der Waals surface area contributed by atoms with Gasteiger partial charge in [-0.05, 0) is 18.4 Å². The molecule has 1 N–H and O–H groups in total. The predicted octanol–water partition coefficient (Wildman–Crippen LogP) is 0.910. The summed E-state index contributed by atoms with van der Waals surface area (Å²) in [7, 11) is 0. The lowest BCUT2D eigenvalue weighted by molar-refractivity contribution is -0.134. The van der Waals surface area contributed by atoms with Crippen molar-refractivity contribution in [2.45, 2.75) is 43.9 Å². The van der Waals surface area contributed by atoms with Crippen molar-refractivity contribution in [3.63, 3.8) is 0 Å². The molecule has 24 heavy (non-hydrogen) atoms. The Morgan fingerprint density at radius 1 is 1.17 bits per heavy atom. The number of rotatable bonds is 4. The number of nitrogens with zero attached hydrogens (tertiary/aromatic N) is 2. The molecular weight excluding hydrogens is 310 g/mol. The van der Waals surface area contributed by atoms with Gasteiger partial charge in [0.1, 0.15) is 11.8 Å². The molecule has 2 atom stereocenters. The van der Waals surface area contributed by atoms with E-state index in [9.17, 15) is 14.4 Å². The van der Waals surface area contributed by atoms with Crippen LogP contribution in [0.25, 0.3) is 0 Å². The lowest BCUT2D eigenvalue weighted by Gasteiger charge is -2.26. The van der Waals surface area contributed by atoms with E-state index in [1.54, 1.807) is 0 Å². The molecule has 124 valence electrons. The van der Waals surface area contributed by atoms with E-state index in [0.29, 0.717) is 12.1 Å². The molecule has 2 fully saturated rings. The summed E-state index contributed by atoms with van der Waals surface area (Å²) in [6, 6.07) is 8.86. The van der Waals surface area contributed by atoms with Crippen LogP contribution in [0.1, 0.15) is 37.4 Å². The van der Waals surface area contributed by atoms with Crippen LogP contribution in [0.5, 0.6) is 0 Å². The van der Waals surface area contributed by atoms with E-state index < -0.39 is 11.9 Å². The molecule has 0 bridgehead atoms. The molecular formula is C17H17N3O4. The van der Waals surface area contributed by atoms with Gasteiger partial charge in [0, 0.05) is 12.5 Å². The summed E-state index contributed by atoms with van der Waals surface area (Å²) in [5.74, 6) is -1.04. The second-order valence-electron chi connectivity index (χ2n) is 6.32. The van der Waals surface area contributed by atoms with E-state index >= 15 is 0 Å². The van der Waals surface area contributed by atoms with Crippen LogP contribution in [0, 0.1) is 0 Å². The van der Waals surface area contributed by atoms with Gasteiger partial charge >= 0.3 is 0 Å². The summed E-state index contributed by atoms with van der Waals surface area (Å²) >= 11 is 0. The predicted molar refractivity (Wildman–Crippen MR) is 83.7 cm³/mol. The third kappa shape index (κ3) is 2.66. The van der Waals surface area contributed by atoms with Crippen molar-refractivity contribution in [3.8, 4) is 0 Å². The molecule has 7 nitrogen and oxygen atoms in total. The summed E-state index contributed by atoms with van der Waals surface area (Å²) in [6.07, 6.45) is 1.80. The van der Waals surface area contributed by atoms with Crippen LogP contribution in [0.4, 0.5) is 0 Å². The molecule has 3 aliphatic rings. The van der Waals surface area contributed by atoms with Crippen LogP contribution in [0.15, 0.2) is 35.5 Å². The van der Waals surface area contributed by atoms with Crippen LogP contribution < -0.4 is 5.32 Å². The maximum Gasteiger partial charge on any atom is 0.272 e. The Labute approximate surface area is 138 Å². The van der Waals surface area contributed by atoms with Crippen molar-refractivity contribution < 1.29 is 19.2 Å². The van der Waals surface area contributed by atoms with Crippen molar-refractivity contribution in [1.82, 2.24) is 10.2 Å². The van der Waals surface area contributed by atoms with Gasteiger partial charge in [-0.1, -0.05) is 35.5 Å². The van der Waals surface area contributed by atoms with E-state index in [-0.39, 0.29) is 30.4 Å². The number of hydrogen-bond donors (Lipinski definition) is 1. The average molecular weight is 327 g/mol. The minimum absolute atomic E-state index is 0.0117. The number of carbonyl (C=O) groups is 3. The molecule has 7 heteroatoms. The normalized spacial score (nSPS) is 25.9. The highest BCUT2D eigenvalue weighted by Gasteiger charge is 2.46. The summed E-state index contributed by atoms with van der Waals surface area (Å²) < 4.78 is 0. The molecule has 2 heterocycles. The second-order valence-corrected chi connectivity index (χ2v) is 6.32. The van der Waals surface area contributed by atoms with Gasteiger partial charge in [-0.15, -0.1) is 0 Å². The first kappa shape index (κ1) is 14.9. The first-order valence-electron chi connectivity index (χ1n) is 8.07. The van der Waals surface area contributed by atoms with Crippen LogP contribution >= 0.6 is 0 Å². The molecule has 0 aromatic heterocycles. The zero-order chi connectivity index (χ0) is 16.7. The van der Waals surface area contributed by atoms with E-state index in [2.05, 4.69) is 10.5 Å². The molecule has 2 unspecified atom stereocenters. The zero-order valence-electron chi connectivity index (χ0n) is 13.0. The minimum Gasteiger partial charge on any atom is -0.387 e. The first-order chi connectivity index (χ1) is 11.6. The minimum atomic E-state index is -0.726. The van der Waals surface area contributed by atoms with E-state index in [1.807, 2.05) is 30.3 Å². The van der Waals surface area contributed by atoms with E-state index in [0.717, 1.165) is 18.4 Å². The highest BCUT2D eigenvalue weighted by atomic mass is 16.6. The Kier molecular flexibility index (Phi) is 3.55. The Balaban J connectivity index is 1.50. The highest BCUT2D eigenvalue weighted by molar-refractivity contribution is 6.39. The smallest absolute Gasteiger partial charge is 0.272 e. The molecule has 1 saturated heterocycles. The van der Waals surface area contributed by atoms with Gasteiger partial charge in [0.25, 0.3) is 5.91 Å². The number of carbonyl (C=O) groups excluding carboxylic acids is 3. The number of amides is 3. The third-order valence-corrected chi connectivity index (χ3v) is 4.54. The quantitative estimate of drug-likeness (QED) is 0.833. The Bertz CT molecular complexity index is 727. The molecule has 4 rings (SSSR count). The summed E-state index contributed by atoms with van der Waals surface area (Å²) in [5.41, 5.74) is 1.26. The van der Waals surface area contributed by atoms with Gasteiger partial charge in [0.05, 0.1) is 6.42 Å². The molecule has 1 aliphatic carbocycles. The second kappa shape index (κ2) is 5.74. The third-order valence-electron chi connectivity index (χ3n) is 4.54. The van der Waals surface area contributed by atoms with Crippen LogP contribution in [-0.2, 0) is 19.2 Å². The van der Waals surface area contributed by atoms with Gasteiger partial charge in [-0.2, -0.15) is 0 Å². The molecule has 1 aromatic rings. The molecule has 3 amide bonds. The Hall–Kier alpha value is -2.70. The van der Waals surface area contributed by atoms with Crippen molar-refractivity contribution in [1.29, 1.82) is 0 Å². The van der Waals surface area contributed by atoms with Gasteiger partial charge in [-0.25, -0.2) is 0 Å². The molecule has 1 aromatic carbocycles. The fourth-order valence-corrected chi connectivity index (χ4v) is 3.18. The van der Waals surface area contributed by atoms with Crippen molar-refractivity contribution in [2.75, 3.05) is 0 Å². The van der Waals surface area contributed by atoms with Crippen molar-refractivity contribution >= 4 is 23.4 Å². The van der Waals surface area contributed by atoms with Crippen LogP contribution in [0.3, 0.4) is 0 Å². The van der Waals surface area contributed by atoms with Crippen molar-refractivity contribution in [3.05, 3.63) is 35.9 Å². The molecule has 1 saturated carbocycles.